The Balaban J connectivity index is 4.80. The summed E-state index contributed by atoms with van der Waals surface area (Å²) in [6.45, 7) is 8.14. The Hall–Kier alpha value is -1.47. The molecule has 0 aromatic rings. The summed E-state index contributed by atoms with van der Waals surface area (Å²) >= 11 is 0. The standard InChI is InChI=1S/C17H33N4O3/c1-11(2)9-14(21-17(24)15(19)12(3)4)16(23)20-13(10-22)7-5-6-8-18/h11-15H,5-9,18-19H2,1-4H3,(H,20,23)(H,21,24)/t13-,14-,15+/m0/s1. The van der Waals surface area contributed by atoms with Crippen LogP contribution in [0.3, 0.4) is 0 Å². The van der Waals surface area contributed by atoms with Crippen LogP contribution in [0, 0.1) is 11.8 Å². The molecule has 0 saturated heterocycles. The third kappa shape index (κ3) is 8.98. The number of amides is 2. The highest BCUT2D eigenvalue weighted by atomic mass is 16.2. The topological polar surface area (TPSA) is 127 Å². The van der Waals surface area contributed by atoms with Gasteiger partial charge in [0.1, 0.15) is 6.04 Å². The molecule has 0 heterocycles. The predicted molar refractivity (Wildman–Crippen MR) is 94.7 cm³/mol. The Labute approximate surface area is 145 Å². The van der Waals surface area contributed by atoms with Gasteiger partial charge in [0.25, 0.3) is 0 Å². The molecule has 0 bridgehead atoms. The van der Waals surface area contributed by atoms with E-state index >= 15 is 0 Å². The van der Waals surface area contributed by atoms with Crippen LogP contribution in [-0.4, -0.2) is 42.8 Å². The van der Waals surface area contributed by atoms with Gasteiger partial charge in [-0.25, -0.2) is 0 Å². The first-order valence-electron chi connectivity index (χ1n) is 8.66. The fraction of sp³-hybridized carbons (Fsp3) is 0.824. The van der Waals surface area contributed by atoms with Gasteiger partial charge in [0.05, 0.1) is 12.1 Å². The van der Waals surface area contributed by atoms with Crippen molar-refractivity contribution in [2.45, 2.75) is 71.5 Å². The van der Waals surface area contributed by atoms with Crippen LogP contribution in [0.2, 0.25) is 0 Å². The summed E-state index contributed by atoms with van der Waals surface area (Å²) in [5.41, 5.74) is 11.3. The van der Waals surface area contributed by atoms with E-state index in [1.807, 2.05) is 34.0 Å². The Morgan fingerprint density at radius 2 is 1.67 bits per heavy atom. The van der Waals surface area contributed by atoms with Crippen molar-refractivity contribution >= 4 is 18.1 Å². The Kier molecular flexibility index (Phi) is 11.2. The zero-order valence-corrected chi connectivity index (χ0v) is 15.3. The van der Waals surface area contributed by atoms with Crippen molar-refractivity contribution in [1.29, 1.82) is 0 Å². The van der Waals surface area contributed by atoms with Crippen LogP contribution in [0.5, 0.6) is 0 Å². The predicted octanol–water partition coefficient (Wildman–Crippen LogP) is 0.224. The first kappa shape index (κ1) is 22.5. The molecule has 0 aliphatic rings. The zero-order valence-electron chi connectivity index (χ0n) is 15.3. The SMILES string of the molecule is CC(C)C[C@H](NC(=O)[C@H](N)C(C)C)C(=O)N[C@H]([C]=O)CCCCN. The summed E-state index contributed by atoms with van der Waals surface area (Å²) in [5.74, 6) is -0.568. The van der Waals surface area contributed by atoms with E-state index in [9.17, 15) is 14.4 Å². The molecule has 0 unspecified atom stereocenters. The smallest absolute Gasteiger partial charge is 0.243 e. The maximum Gasteiger partial charge on any atom is 0.243 e. The molecule has 0 aliphatic heterocycles. The van der Waals surface area contributed by atoms with E-state index in [1.165, 1.54) is 0 Å². The number of hydrogen-bond donors (Lipinski definition) is 4. The van der Waals surface area contributed by atoms with Crippen LogP contribution in [0.15, 0.2) is 0 Å². The van der Waals surface area contributed by atoms with Crippen LogP contribution in [0.25, 0.3) is 0 Å². The number of carbonyl (C=O) groups excluding carboxylic acids is 3. The van der Waals surface area contributed by atoms with Gasteiger partial charge in [-0.3, -0.25) is 14.4 Å². The van der Waals surface area contributed by atoms with Crippen LogP contribution in [0.1, 0.15) is 53.4 Å². The molecular formula is C17H33N4O3. The lowest BCUT2D eigenvalue weighted by atomic mass is 10.00. The summed E-state index contributed by atoms with van der Waals surface area (Å²) in [6.07, 6.45) is 4.30. The minimum absolute atomic E-state index is 0.0277. The van der Waals surface area contributed by atoms with Crippen LogP contribution < -0.4 is 22.1 Å². The first-order valence-corrected chi connectivity index (χ1v) is 8.66. The number of hydrogen-bond acceptors (Lipinski definition) is 5. The van der Waals surface area contributed by atoms with E-state index in [1.54, 1.807) is 0 Å². The van der Waals surface area contributed by atoms with Gasteiger partial charge >= 0.3 is 0 Å². The van der Waals surface area contributed by atoms with Gasteiger partial charge in [-0.1, -0.05) is 27.7 Å². The molecule has 1 radical (unpaired) electrons. The largest absolute Gasteiger partial charge is 0.344 e. The fourth-order valence-corrected chi connectivity index (χ4v) is 2.20. The number of nitrogens with two attached hydrogens (primary N) is 2. The lowest BCUT2D eigenvalue weighted by Gasteiger charge is -2.24. The van der Waals surface area contributed by atoms with Crippen molar-refractivity contribution in [1.82, 2.24) is 10.6 Å². The molecule has 0 fully saturated rings. The second kappa shape index (κ2) is 12.0. The Morgan fingerprint density at radius 3 is 2.12 bits per heavy atom. The van der Waals surface area contributed by atoms with E-state index in [4.69, 9.17) is 11.5 Å². The van der Waals surface area contributed by atoms with Gasteiger partial charge in [-0.15, -0.1) is 0 Å². The normalized spacial score (nSPS) is 15.0. The fourth-order valence-electron chi connectivity index (χ4n) is 2.20. The number of rotatable bonds is 12. The second-order valence-corrected chi connectivity index (χ2v) is 6.92. The zero-order chi connectivity index (χ0) is 18.7. The molecule has 139 valence electrons. The van der Waals surface area contributed by atoms with Gasteiger partial charge in [0, 0.05) is 0 Å². The third-order valence-electron chi connectivity index (χ3n) is 3.77. The van der Waals surface area contributed by atoms with E-state index in [2.05, 4.69) is 10.6 Å². The summed E-state index contributed by atoms with van der Waals surface area (Å²) < 4.78 is 0. The minimum atomic E-state index is -0.715. The molecule has 2 amide bonds. The molecule has 0 rings (SSSR count). The third-order valence-corrected chi connectivity index (χ3v) is 3.77. The quantitative estimate of drug-likeness (QED) is 0.378. The lowest BCUT2D eigenvalue weighted by Crippen LogP contribution is -2.54. The highest BCUT2D eigenvalue weighted by Crippen LogP contribution is 2.08. The van der Waals surface area contributed by atoms with Crippen LogP contribution in [-0.2, 0) is 14.4 Å². The van der Waals surface area contributed by atoms with Gasteiger partial charge < -0.3 is 22.1 Å². The maximum absolute atomic E-state index is 12.4. The molecule has 0 aromatic carbocycles. The molecule has 3 atom stereocenters. The van der Waals surface area contributed by atoms with Crippen LogP contribution >= 0.6 is 0 Å². The number of nitrogens with one attached hydrogen (secondary N) is 2. The summed E-state index contributed by atoms with van der Waals surface area (Å²) in [5, 5.41) is 5.35. The second-order valence-electron chi connectivity index (χ2n) is 6.92. The van der Waals surface area contributed by atoms with Gasteiger partial charge in [0.15, 0.2) is 0 Å². The molecule has 24 heavy (non-hydrogen) atoms. The van der Waals surface area contributed by atoms with Crippen molar-refractivity contribution < 1.29 is 14.4 Å². The van der Waals surface area contributed by atoms with Crippen molar-refractivity contribution in [3.05, 3.63) is 0 Å². The van der Waals surface area contributed by atoms with Crippen LogP contribution in [0.4, 0.5) is 0 Å². The minimum Gasteiger partial charge on any atom is -0.344 e. The molecule has 0 aromatic heterocycles. The number of unbranched alkanes of at least 4 members (excludes halogenated alkanes) is 1. The average molecular weight is 341 g/mol. The highest BCUT2D eigenvalue weighted by molar-refractivity contribution is 5.90. The first-order chi connectivity index (χ1) is 11.2. The van der Waals surface area contributed by atoms with Crippen molar-refractivity contribution in [2.75, 3.05) is 6.54 Å². The summed E-state index contributed by atoms with van der Waals surface area (Å²) in [6, 6.07) is -2.08. The summed E-state index contributed by atoms with van der Waals surface area (Å²) in [7, 11) is 0. The lowest BCUT2D eigenvalue weighted by molar-refractivity contribution is -0.130. The Morgan fingerprint density at radius 1 is 1.04 bits per heavy atom. The number of carbonyl (C=O) groups is 2. The molecule has 0 aliphatic carbocycles. The highest BCUT2D eigenvalue weighted by Gasteiger charge is 2.27. The summed E-state index contributed by atoms with van der Waals surface area (Å²) in [4.78, 5) is 35.6. The van der Waals surface area contributed by atoms with Gasteiger partial charge in [-0.05, 0) is 44.1 Å². The molecule has 0 saturated carbocycles. The van der Waals surface area contributed by atoms with E-state index in [-0.39, 0.29) is 23.7 Å². The monoisotopic (exact) mass is 341 g/mol. The molecule has 7 heteroatoms. The van der Waals surface area contributed by atoms with Crippen molar-refractivity contribution in [3.8, 4) is 0 Å². The Bertz CT molecular complexity index is 399. The van der Waals surface area contributed by atoms with Crippen molar-refractivity contribution in [2.24, 2.45) is 23.3 Å². The molecular weight excluding hydrogens is 308 g/mol. The van der Waals surface area contributed by atoms with Crippen molar-refractivity contribution in [3.63, 3.8) is 0 Å². The van der Waals surface area contributed by atoms with E-state index in [0.717, 1.165) is 12.8 Å². The van der Waals surface area contributed by atoms with E-state index in [0.29, 0.717) is 19.4 Å². The molecule has 7 nitrogen and oxygen atoms in total. The molecule has 0 spiro atoms. The van der Waals surface area contributed by atoms with Gasteiger partial charge in [0.2, 0.25) is 18.1 Å². The van der Waals surface area contributed by atoms with E-state index < -0.39 is 18.1 Å². The maximum atomic E-state index is 12.4. The van der Waals surface area contributed by atoms with Gasteiger partial charge in [-0.2, -0.15) is 0 Å². The average Bonchev–Trinajstić information content (AvgIpc) is 2.51. The molecule has 6 N–H and O–H groups in total.